The molecule has 0 atom stereocenters. The third kappa shape index (κ3) is 3.23. The molecule has 1 fully saturated rings. The Morgan fingerprint density at radius 3 is 3.13 bits per heavy atom. The van der Waals surface area contributed by atoms with Gasteiger partial charge in [0.05, 0.1) is 0 Å². The molecule has 0 unspecified atom stereocenters. The van der Waals surface area contributed by atoms with Gasteiger partial charge in [0.1, 0.15) is 0 Å². The minimum atomic E-state index is 0.671. The third-order valence-electron chi connectivity index (χ3n) is 2.62. The Morgan fingerprint density at radius 1 is 1.53 bits per heavy atom. The summed E-state index contributed by atoms with van der Waals surface area (Å²) in [6, 6.07) is 0.671. The number of methoxy groups -OCH3 is 1. The Kier molecular flexibility index (Phi) is 3.61. The molecule has 0 bridgehead atoms. The molecule has 1 saturated carbocycles. The van der Waals surface area contributed by atoms with Crippen molar-refractivity contribution in [2.75, 3.05) is 19.0 Å². The van der Waals surface area contributed by atoms with Crippen LogP contribution in [0.1, 0.15) is 25.7 Å². The van der Waals surface area contributed by atoms with E-state index in [1.165, 1.54) is 12.8 Å². The lowest BCUT2D eigenvalue weighted by Crippen LogP contribution is -2.09. The standard InChI is InChI=1S/C11H19N3O/c1-15-9-3-2-7-14-8-6-12-11(14)13-10-4-5-10/h6,8,10H,2-5,7,9H2,1H3,(H,12,13). The second kappa shape index (κ2) is 5.16. The van der Waals surface area contributed by atoms with Gasteiger partial charge in [0, 0.05) is 38.7 Å². The highest BCUT2D eigenvalue weighted by atomic mass is 16.5. The number of nitrogens with one attached hydrogen (secondary N) is 1. The van der Waals surface area contributed by atoms with E-state index in [1.54, 1.807) is 7.11 Å². The molecule has 0 saturated heterocycles. The first-order chi connectivity index (χ1) is 7.40. The molecule has 0 aromatic carbocycles. The molecule has 84 valence electrons. The molecular weight excluding hydrogens is 190 g/mol. The fourth-order valence-corrected chi connectivity index (χ4v) is 1.57. The number of imidazole rings is 1. The predicted molar refractivity (Wildman–Crippen MR) is 60.0 cm³/mol. The van der Waals surface area contributed by atoms with Crippen molar-refractivity contribution in [2.24, 2.45) is 0 Å². The minimum absolute atomic E-state index is 0.671. The summed E-state index contributed by atoms with van der Waals surface area (Å²) < 4.78 is 7.21. The summed E-state index contributed by atoms with van der Waals surface area (Å²) >= 11 is 0. The summed E-state index contributed by atoms with van der Waals surface area (Å²) in [4.78, 5) is 4.32. The van der Waals surface area contributed by atoms with E-state index in [1.807, 2.05) is 12.4 Å². The molecule has 15 heavy (non-hydrogen) atoms. The topological polar surface area (TPSA) is 39.1 Å². The maximum absolute atomic E-state index is 5.03. The van der Waals surface area contributed by atoms with E-state index in [0.29, 0.717) is 6.04 Å². The number of aromatic nitrogens is 2. The first kappa shape index (κ1) is 10.5. The highest BCUT2D eigenvalue weighted by Crippen LogP contribution is 2.23. The van der Waals surface area contributed by atoms with E-state index >= 15 is 0 Å². The van der Waals surface area contributed by atoms with Crippen molar-refractivity contribution in [1.82, 2.24) is 9.55 Å². The molecule has 1 heterocycles. The van der Waals surface area contributed by atoms with Crippen LogP contribution in [0.15, 0.2) is 12.4 Å². The van der Waals surface area contributed by atoms with E-state index in [9.17, 15) is 0 Å². The van der Waals surface area contributed by atoms with Gasteiger partial charge < -0.3 is 14.6 Å². The number of hydrogen-bond acceptors (Lipinski definition) is 3. The maximum Gasteiger partial charge on any atom is 0.202 e. The molecule has 1 aromatic rings. The van der Waals surface area contributed by atoms with Crippen LogP contribution >= 0.6 is 0 Å². The van der Waals surface area contributed by atoms with Crippen LogP contribution in [0.3, 0.4) is 0 Å². The van der Waals surface area contributed by atoms with Crippen molar-refractivity contribution < 1.29 is 4.74 Å². The van der Waals surface area contributed by atoms with Gasteiger partial charge in [0.25, 0.3) is 0 Å². The van der Waals surface area contributed by atoms with E-state index in [4.69, 9.17) is 4.74 Å². The molecule has 1 N–H and O–H groups in total. The average molecular weight is 209 g/mol. The van der Waals surface area contributed by atoms with Crippen molar-refractivity contribution in [3.8, 4) is 0 Å². The average Bonchev–Trinajstić information content (AvgIpc) is 2.94. The molecule has 0 amide bonds. The van der Waals surface area contributed by atoms with Crippen LogP contribution < -0.4 is 5.32 Å². The monoisotopic (exact) mass is 209 g/mol. The molecule has 2 rings (SSSR count). The van der Waals surface area contributed by atoms with Crippen LogP contribution in [0, 0.1) is 0 Å². The summed E-state index contributed by atoms with van der Waals surface area (Å²) in [5, 5.41) is 3.43. The summed E-state index contributed by atoms with van der Waals surface area (Å²) in [5.74, 6) is 1.02. The first-order valence-electron chi connectivity index (χ1n) is 5.67. The Balaban J connectivity index is 1.76. The van der Waals surface area contributed by atoms with E-state index in [-0.39, 0.29) is 0 Å². The van der Waals surface area contributed by atoms with Gasteiger partial charge in [-0.3, -0.25) is 0 Å². The first-order valence-corrected chi connectivity index (χ1v) is 5.67. The third-order valence-corrected chi connectivity index (χ3v) is 2.62. The largest absolute Gasteiger partial charge is 0.385 e. The molecular formula is C11H19N3O. The zero-order valence-corrected chi connectivity index (χ0v) is 9.28. The molecule has 0 spiro atoms. The molecule has 0 aliphatic heterocycles. The van der Waals surface area contributed by atoms with Crippen LogP contribution in [0.25, 0.3) is 0 Å². The number of hydrogen-bond donors (Lipinski definition) is 1. The Labute approximate surface area is 90.6 Å². The lowest BCUT2D eigenvalue weighted by atomic mass is 10.3. The summed E-state index contributed by atoms with van der Waals surface area (Å²) in [6.07, 6.45) is 8.73. The molecule has 1 aliphatic carbocycles. The fraction of sp³-hybridized carbons (Fsp3) is 0.727. The van der Waals surface area contributed by atoms with Crippen molar-refractivity contribution in [2.45, 2.75) is 38.3 Å². The second-order valence-corrected chi connectivity index (χ2v) is 4.06. The van der Waals surface area contributed by atoms with E-state index in [0.717, 1.165) is 31.9 Å². The van der Waals surface area contributed by atoms with Crippen molar-refractivity contribution in [1.29, 1.82) is 0 Å². The van der Waals surface area contributed by atoms with Crippen LogP contribution in [0.2, 0.25) is 0 Å². The molecule has 1 aliphatic rings. The predicted octanol–water partition coefficient (Wildman–Crippen LogP) is 1.88. The number of unbranched alkanes of at least 4 members (excludes halogenated alkanes) is 1. The maximum atomic E-state index is 5.03. The van der Waals surface area contributed by atoms with Crippen molar-refractivity contribution in [3.05, 3.63) is 12.4 Å². The molecule has 4 nitrogen and oxygen atoms in total. The number of nitrogens with zero attached hydrogens (tertiary/aromatic N) is 2. The van der Waals surface area contributed by atoms with Gasteiger partial charge in [0.2, 0.25) is 5.95 Å². The van der Waals surface area contributed by atoms with Gasteiger partial charge >= 0.3 is 0 Å². The van der Waals surface area contributed by atoms with Gasteiger partial charge in [-0.15, -0.1) is 0 Å². The Bertz CT molecular complexity index is 294. The number of aryl methyl sites for hydroxylation is 1. The fourth-order valence-electron chi connectivity index (χ4n) is 1.57. The zero-order chi connectivity index (χ0) is 10.5. The van der Waals surface area contributed by atoms with Crippen LogP contribution in [0.5, 0.6) is 0 Å². The van der Waals surface area contributed by atoms with Gasteiger partial charge in [-0.2, -0.15) is 0 Å². The number of ether oxygens (including phenoxy) is 1. The number of anilines is 1. The van der Waals surface area contributed by atoms with Gasteiger partial charge in [-0.05, 0) is 25.7 Å². The van der Waals surface area contributed by atoms with Crippen LogP contribution in [-0.4, -0.2) is 29.3 Å². The quantitative estimate of drug-likeness (QED) is 0.697. The minimum Gasteiger partial charge on any atom is -0.385 e. The van der Waals surface area contributed by atoms with Crippen LogP contribution in [0.4, 0.5) is 5.95 Å². The lowest BCUT2D eigenvalue weighted by molar-refractivity contribution is 0.191. The summed E-state index contributed by atoms with van der Waals surface area (Å²) in [7, 11) is 1.75. The Morgan fingerprint density at radius 2 is 2.40 bits per heavy atom. The second-order valence-electron chi connectivity index (χ2n) is 4.06. The highest BCUT2D eigenvalue weighted by Gasteiger charge is 2.22. The van der Waals surface area contributed by atoms with Gasteiger partial charge in [-0.1, -0.05) is 0 Å². The summed E-state index contributed by atoms with van der Waals surface area (Å²) in [5.41, 5.74) is 0. The molecule has 1 aromatic heterocycles. The van der Waals surface area contributed by atoms with E-state index in [2.05, 4.69) is 14.9 Å². The van der Waals surface area contributed by atoms with Crippen molar-refractivity contribution >= 4 is 5.95 Å². The Hall–Kier alpha value is -1.03. The number of rotatable bonds is 7. The zero-order valence-electron chi connectivity index (χ0n) is 9.28. The van der Waals surface area contributed by atoms with Crippen molar-refractivity contribution in [3.63, 3.8) is 0 Å². The van der Waals surface area contributed by atoms with Gasteiger partial charge in [-0.25, -0.2) is 4.98 Å². The highest BCUT2D eigenvalue weighted by molar-refractivity contribution is 5.29. The van der Waals surface area contributed by atoms with Crippen LogP contribution in [-0.2, 0) is 11.3 Å². The van der Waals surface area contributed by atoms with E-state index < -0.39 is 0 Å². The molecule has 0 radical (unpaired) electrons. The summed E-state index contributed by atoms with van der Waals surface area (Å²) in [6.45, 7) is 1.87. The SMILES string of the molecule is COCCCCn1ccnc1NC1CC1. The van der Waals surface area contributed by atoms with Gasteiger partial charge in [0.15, 0.2) is 0 Å². The smallest absolute Gasteiger partial charge is 0.202 e. The normalized spacial score (nSPS) is 15.5. The molecule has 4 heteroatoms. The lowest BCUT2D eigenvalue weighted by Gasteiger charge is -2.08.